The van der Waals surface area contributed by atoms with Crippen molar-refractivity contribution in [1.82, 2.24) is 4.90 Å². The van der Waals surface area contributed by atoms with Gasteiger partial charge >= 0.3 is 5.92 Å². The molecule has 0 radical (unpaired) electrons. The molecule has 1 aliphatic rings. The molecule has 31 heavy (non-hydrogen) atoms. The van der Waals surface area contributed by atoms with Crippen LogP contribution in [0.5, 0.6) is 0 Å². The normalized spacial score (nSPS) is 19.3. The maximum Gasteiger partial charge on any atom is 0.352 e. The Kier molecular flexibility index (Phi) is 6.35. The quantitative estimate of drug-likeness (QED) is 0.710. The molecule has 1 heterocycles. The molecule has 9 heteroatoms. The molecular weight excluding hydrogens is 416 g/mol. The van der Waals surface area contributed by atoms with E-state index in [1.54, 1.807) is 0 Å². The zero-order chi connectivity index (χ0) is 22.9. The molecule has 5 nitrogen and oxygen atoms in total. The van der Waals surface area contributed by atoms with Gasteiger partial charge in [0.1, 0.15) is 11.6 Å². The van der Waals surface area contributed by atoms with Gasteiger partial charge in [-0.1, -0.05) is 0 Å². The molecule has 2 aromatic rings. The van der Waals surface area contributed by atoms with E-state index < -0.39 is 47.1 Å². The van der Waals surface area contributed by atoms with Crippen molar-refractivity contribution in [2.45, 2.75) is 44.8 Å². The highest BCUT2D eigenvalue weighted by atomic mass is 19.3. The number of benzene rings is 2. The topological polar surface area (TPSA) is 69.6 Å². The van der Waals surface area contributed by atoms with E-state index in [1.807, 2.05) is 0 Å². The van der Waals surface area contributed by atoms with Crippen LogP contribution in [0.25, 0.3) is 0 Å². The van der Waals surface area contributed by atoms with Gasteiger partial charge in [0.05, 0.1) is 11.7 Å². The average Bonchev–Trinajstić information content (AvgIpc) is 2.70. The summed E-state index contributed by atoms with van der Waals surface area (Å²) in [6.45, 7) is 2.94. The molecule has 3 rings (SSSR count). The number of alkyl halides is 2. The number of aliphatic hydroxyl groups excluding tert-OH is 1. The van der Waals surface area contributed by atoms with Gasteiger partial charge in [-0.25, -0.2) is 8.78 Å². The number of amides is 2. The molecule has 1 aliphatic heterocycles. The van der Waals surface area contributed by atoms with Crippen LogP contribution in [0.3, 0.4) is 0 Å². The minimum absolute atomic E-state index is 0.0809. The van der Waals surface area contributed by atoms with E-state index in [-0.39, 0.29) is 36.2 Å². The molecule has 0 spiro atoms. The predicted octanol–water partition coefficient (Wildman–Crippen LogP) is 3.99. The lowest BCUT2D eigenvalue weighted by Crippen LogP contribution is -2.51. The number of halogens is 4. The van der Waals surface area contributed by atoms with E-state index in [0.717, 1.165) is 17.0 Å². The fourth-order valence-electron chi connectivity index (χ4n) is 3.58. The molecule has 1 fully saturated rings. The molecule has 0 unspecified atom stereocenters. The Morgan fingerprint density at radius 1 is 1.13 bits per heavy atom. The summed E-state index contributed by atoms with van der Waals surface area (Å²) in [5.74, 6) is -8.40. The molecule has 166 valence electrons. The SMILES string of the molecule is Cc1cc(NC(=O)c2ccc(F)c(C(F)(F)C(=O)N3CC[C@H](O)C[C@H]3C)c2)ccc1F. The van der Waals surface area contributed by atoms with Crippen molar-refractivity contribution < 1.29 is 32.3 Å². The fourth-order valence-corrected chi connectivity index (χ4v) is 3.58. The third-order valence-corrected chi connectivity index (χ3v) is 5.36. The van der Waals surface area contributed by atoms with E-state index in [2.05, 4.69) is 5.32 Å². The molecule has 1 saturated heterocycles. The summed E-state index contributed by atoms with van der Waals surface area (Å²) in [5.41, 5.74) is -0.986. The molecule has 2 aromatic carbocycles. The van der Waals surface area contributed by atoms with Gasteiger partial charge in [0.15, 0.2) is 0 Å². The van der Waals surface area contributed by atoms with Crippen LogP contribution in [-0.4, -0.2) is 40.5 Å². The Hall–Kier alpha value is -2.94. The Morgan fingerprint density at radius 2 is 1.81 bits per heavy atom. The summed E-state index contributed by atoms with van der Waals surface area (Å²) in [6, 6.07) is 5.53. The summed E-state index contributed by atoms with van der Waals surface area (Å²) < 4.78 is 57.6. The number of nitrogens with zero attached hydrogens (tertiary/aromatic N) is 1. The van der Waals surface area contributed by atoms with Crippen LogP contribution >= 0.6 is 0 Å². The lowest BCUT2D eigenvalue weighted by molar-refractivity contribution is -0.164. The smallest absolute Gasteiger partial charge is 0.352 e. The number of aryl methyl sites for hydroxylation is 1. The highest BCUT2D eigenvalue weighted by Crippen LogP contribution is 2.35. The lowest BCUT2D eigenvalue weighted by Gasteiger charge is -2.37. The zero-order valence-corrected chi connectivity index (χ0v) is 17.0. The van der Waals surface area contributed by atoms with E-state index in [0.29, 0.717) is 12.1 Å². The Bertz CT molecular complexity index is 1010. The second-order valence-corrected chi connectivity index (χ2v) is 7.71. The molecule has 2 atom stereocenters. The van der Waals surface area contributed by atoms with Crippen LogP contribution in [0, 0.1) is 18.6 Å². The van der Waals surface area contributed by atoms with Crippen molar-refractivity contribution in [2.24, 2.45) is 0 Å². The first kappa shape index (κ1) is 22.7. The minimum Gasteiger partial charge on any atom is -0.393 e. The minimum atomic E-state index is -4.20. The van der Waals surface area contributed by atoms with Gasteiger partial charge in [-0.05, 0) is 68.7 Å². The number of hydrogen-bond donors (Lipinski definition) is 2. The van der Waals surface area contributed by atoms with Crippen LogP contribution in [0.1, 0.15) is 41.3 Å². The first-order valence-corrected chi connectivity index (χ1v) is 9.75. The Labute approximate surface area is 176 Å². The van der Waals surface area contributed by atoms with Gasteiger partial charge in [0.2, 0.25) is 0 Å². The van der Waals surface area contributed by atoms with Crippen molar-refractivity contribution in [1.29, 1.82) is 0 Å². The number of carbonyl (C=O) groups excluding carboxylic acids is 2. The average molecular weight is 438 g/mol. The molecule has 0 aromatic heterocycles. The molecule has 2 amide bonds. The van der Waals surface area contributed by atoms with Gasteiger partial charge in [-0.3, -0.25) is 9.59 Å². The number of nitrogens with one attached hydrogen (secondary N) is 1. The molecular formula is C22H22F4N2O3. The van der Waals surface area contributed by atoms with Crippen LogP contribution < -0.4 is 5.32 Å². The van der Waals surface area contributed by atoms with E-state index in [9.17, 15) is 32.3 Å². The summed E-state index contributed by atoms with van der Waals surface area (Å²) >= 11 is 0. The number of aliphatic hydroxyl groups is 1. The van der Waals surface area contributed by atoms with Crippen molar-refractivity contribution in [3.8, 4) is 0 Å². The summed E-state index contributed by atoms with van der Waals surface area (Å²) in [6.07, 6.45) is -0.399. The summed E-state index contributed by atoms with van der Waals surface area (Å²) in [5, 5.41) is 12.1. The standard InChI is InChI=1S/C22H22F4N2O3/c1-12-9-15(4-6-18(12)23)27-20(30)14-3-5-19(24)17(11-14)22(25,26)21(31)28-8-7-16(29)10-13(28)2/h3-6,9,11,13,16,29H,7-8,10H2,1-2H3,(H,27,30)/t13-,16+/m1/s1. The van der Waals surface area contributed by atoms with Gasteiger partial charge in [-0.2, -0.15) is 8.78 Å². The third kappa shape index (κ3) is 4.71. The van der Waals surface area contributed by atoms with Crippen molar-refractivity contribution in [2.75, 3.05) is 11.9 Å². The third-order valence-electron chi connectivity index (χ3n) is 5.36. The maximum absolute atomic E-state index is 15.0. The lowest BCUT2D eigenvalue weighted by atomic mass is 9.97. The summed E-state index contributed by atoms with van der Waals surface area (Å²) in [7, 11) is 0. The van der Waals surface area contributed by atoms with Crippen LogP contribution in [0.4, 0.5) is 23.2 Å². The van der Waals surface area contributed by atoms with E-state index in [4.69, 9.17) is 0 Å². The van der Waals surface area contributed by atoms with Crippen LogP contribution in [-0.2, 0) is 10.7 Å². The molecule has 0 bridgehead atoms. The maximum atomic E-state index is 15.0. The van der Waals surface area contributed by atoms with Gasteiger partial charge in [0, 0.05) is 23.8 Å². The molecule has 2 N–H and O–H groups in total. The molecule has 0 saturated carbocycles. The van der Waals surface area contributed by atoms with E-state index in [1.165, 1.54) is 26.0 Å². The van der Waals surface area contributed by atoms with Gasteiger partial charge in [-0.15, -0.1) is 0 Å². The first-order chi connectivity index (χ1) is 14.5. The molecule has 0 aliphatic carbocycles. The Morgan fingerprint density at radius 3 is 2.45 bits per heavy atom. The summed E-state index contributed by atoms with van der Waals surface area (Å²) in [4.78, 5) is 25.9. The van der Waals surface area contributed by atoms with Crippen molar-refractivity contribution in [3.63, 3.8) is 0 Å². The number of piperidine rings is 1. The van der Waals surface area contributed by atoms with E-state index >= 15 is 0 Å². The number of carbonyl (C=O) groups is 2. The monoisotopic (exact) mass is 438 g/mol. The van der Waals surface area contributed by atoms with Crippen LogP contribution in [0.15, 0.2) is 36.4 Å². The zero-order valence-electron chi connectivity index (χ0n) is 17.0. The van der Waals surface area contributed by atoms with Crippen LogP contribution in [0.2, 0.25) is 0 Å². The second-order valence-electron chi connectivity index (χ2n) is 7.71. The van der Waals surface area contributed by atoms with Gasteiger partial charge < -0.3 is 15.3 Å². The van der Waals surface area contributed by atoms with Crippen molar-refractivity contribution >= 4 is 17.5 Å². The number of likely N-dealkylation sites (tertiary alicyclic amines) is 1. The largest absolute Gasteiger partial charge is 0.393 e. The Balaban J connectivity index is 1.86. The number of anilines is 1. The van der Waals surface area contributed by atoms with Crippen molar-refractivity contribution in [3.05, 3.63) is 64.7 Å². The second kappa shape index (κ2) is 8.66. The number of hydrogen-bond acceptors (Lipinski definition) is 3. The highest BCUT2D eigenvalue weighted by Gasteiger charge is 2.48. The number of rotatable bonds is 4. The van der Waals surface area contributed by atoms with Gasteiger partial charge in [0.25, 0.3) is 11.8 Å². The predicted molar refractivity (Wildman–Crippen MR) is 106 cm³/mol. The highest BCUT2D eigenvalue weighted by molar-refractivity contribution is 6.04. The fraction of sp³-hybridized carbons (Fsp3) is 0.364. The first-order valence-electron chi connectivity index (χ1n) is 9.75.